The third-order valence-corrected chi connectivity index (χ3v) is 2.77. The van der Waals surface area contributed by atoms with Gasteiger partial charge < -0.3 is 4.74 Å². The number of nitrogens with zero attached hydrogens (tertiary/aromatic N) is 2. The van der Waals surface area contributed by atoms with Crippen LogP contribution >= 0.6 is 27.5 Å². The van der Waals surface area contributed by atoms with Gasteiger partial charge in [-0.25, -0.2) is 9.37 Å². The van der Waals surface area contributed by atoms with Crippen molar-refractivity contribution in [3.05, 3.63) is 51.5 Å². The van der Waals surface area contributed by atoms with Crippen molar-refractivity contribution in [2.45, 2.75) is 0 Å². The summed E-state index contributed by atoms with van der Waals surface area (Å²) >= 11 is 9.06. The Balaban J connectivity index is 2.40. The molecule has 2 rings (SSSR count). The fourth-order valence-electron chi connectivity index (χ4n) is 1.26. The molecule has 0 aliphatic carbocycles. The quantitative estimate of drug-likeness (QED) is 0.826. The molecule has 0 bridgehead atoms. The molecule has 90 valence electrons. The van der Waals surface area contributed by atoms with Crippen LogP contribution in [0.15, 0.2) is 34.9 Å². The second kappa shape index (κ2) is 5.34. The van der Waals surface area contributed by atoms with E-state index in [0.717, 1.165) is 6.07 Å². The lowest BCUT2D eigenvalue weighted by Gasteiger charge is -2.08. The molecule has 1 aromatic carbocycles. The van der Waals surface area contributed by atoms with Crippen LogP contribution in [0, 0.1) is 17.1 Å². The zero-order valence-electron chi connectivity index (χ0n) is 8.82. The lowest BCUT2D eigenvalue weighted by Crippen LogP contribution is -1.92. The Morgan fingerprint density at radius 3 is 2.78 bits per heavy atom. The van der Waals surface area contributed by atoms with Gasteiger partial charge in [0.1, 0.15) is 17.6 Å². The summed E-state index contributed by atoms with van der Waals surface area (Å²) in [6.07, 6.45) is 1.48. The maximum Gasteiger partial charge on any atom is 0.183 e. The number of nitriles is 1. The molecule has 0 spiro atoms. The minimum absolute atomic E-state index is 0.124. The van der Waals surface area contributed by atoms with Gasteiger partial charge in [-0.3, -0.25) is 0 Å². The maximum atomic E-state index is 12.9. The normalized spacial score (nSPS) is 9.89. The first-order valence-electron chi connectivity index (χ1n) is 4.78. The van der Waals surface area contributed by atoms with Crippen molar-refractivity contribution in [1.29, 1.82) is 5.26 Å². The van der Waals surface area contributed by atoms with Crippen molar-refractivity contribution in [3.63, 3.8) is 0 Å². The molecular weight excluding hydrogens is 322 g/mol. The number of hydrogen-bond acceptors (Lipinski definition) is 3. The molecule has 0 N–H and O–H groups in total. The zero-order valence-corrected chi connectivity index (χ0v) is 11.2. The summed E-state index contributed by atoms with van der Waals surface area (Å²) < 4.78 is 19.0. The van der Waals surface area contributed by atoms with Crippen molar-refractivity contribution in [2.24, 2.45) is 0 Å². The molecule has 6 heteroatoms. The molecule has 0 saturated carbocycles. The Bertz CT molecular complexity index is 642. The van der Waals surface area contributed by atoms with Crippen LogP contribution in [0.2, 0.25) is 5.02 Å². The van der Waals surface area contributed by atoms with Crippen LogP contribution < -0.4 is 4.74 Å². The van der Waals surface area contributed by atoms with Crippen LogP contribution in [0.3, 0.4) is 0 Å². The van der Waals surface area contributed by atoms with E-state index in [1.165, 1.54) is 18.3 Å². The Kier molecular flexibility index (Phi) is 3.80. The fourth-order valence-corrected chi connectivity index (χ4v) is 1.77. The number of ether oxygens (including phenoxy) is 1. The van der Waals surface area contributed by atoms with Gasteiger partial charge >= 0.3 is 0 Å². The van der Waals surface area contributed by atoms with Gasteiger partial charge in [0.15, 0.2) is 11.4 Å². The molecule has 3 nitrogen and oxygen atoms in total. The van der Waals surface area contributed by atoms with Crippen LogP contribution in [0.5, 0.6) is 11.5 Å². The average molecular weight is 328 g/mol. The van der Waals surface area contributed by atoms with Crippen LogP contribution in [0.25, 0.3) is 0 Å². The first kappa shape index (κ1) is 12.8. The monoisotopic (exact) mass is 326 g/mol. The summed E-state index contributed by atoms with van der Waals surface area (Å²) in [5, 5.41) is 9.02. The third kappa shape index (κ3) is 2.78. The van der Waals surface area contributed by atoms with Gasteiger partial charge in [0.05, 0.1) is 5.02 Å². The van der Waals surface area contributed by atoms with E-state index in [4.69, 9.17) is 21.6 Å². The standard InChI is InChI=1S/C12H5BrClFN2O/c13-7-3-12(10(5-16)17-6-7)18-11-2-1-8(15)4-9(11)14/h1-4,6H. The summed E-state index contributed by atoms with van der Waals surface area (Å²) in [6.45, 7) is 0. The number of halogens is 3. The maximum absolute atomic E-state index is 12.9. The number of benzene rings is 1. The highest BCUT2D eigenvalue weighted by Crippen LogP contribution is 2.32. The summed E-state index contributed by atoms with van der Waals surface area (Å²) in [4.78, 5) is 3.89. The molecule has 1 heterocycles. The van der Waals surface area contributed by atoms with E-state index in [9.17, 15) is 4.39 Å². The predicted octanol–water partition coefficient (Wildman–Crippen LogP) is 4.30. The molecule has 0 saturated heterocycles. The van der Waals surface area contributed by atoms with E-state index in [2.05, 4.69) is 20.9 Å². The van der Waals surface area contributed by atoms with Gasteiger partial charge in [-0.15, -0.1) is 0 Å². The highest BCUT2D eigenvalue weighted by Gasteiger charge is 2.10. The molecule has 0 unspecified atom stereocenters. The van der Waals surface area contributed by atoms with Gasteiger partial charge in [0.2, 0.25) is 0 Å². The Morgan fingerprint density at radius 2 is 2.11 bits per heavy atom. The number of rotatable bonds is 2. The highest BCUT2D eigenvalue weighted by molar-refractivity contribution is 9.10. The van der Waals surface area contributed by atoms with Crippen molar-refractivity contribution in [2.75, 3.05) is 0 Å². The van der Waals surface area contributed by atoms with Crippen molar-refractivity contribution >= 4 is 27.5 Å². The van der Waals surface area contributed by atoms with Crippen molar-refractivity contribution < 1.29 is 9.13 Å². The Labute approximate surface area is 116 Å². The minimum atomic E-state index is -0.458. The van der Waals surface area contributed by atoms with Crippen LogP contribution in [0.4, 0.5) is 4.39 Å². The van der Waals surface area contributed by atoms with Gasteiger partial charge in [0, 0.05) is 10.7 Å². The van der Waals surface area contributed by atoms with Gasteiger partial charge in [-0.2, -0.15) is 5.26 Å². The fraction of sp³-hybridized carbons (Fsp3) is 0. The SMILES string of the molecule is N#Cc1ncc(Br)cc1Oc1ccc(F)cc1Cl. The second-order valence-corrected chi connectivity index (χ2v) is 4.61. The molecule has 1 aromatic heterocycles. The summed E-state index contributed by atoms with van der Waals surface area (Å²) in [6, 6.07) is 7.23. The zero-order chi connectivity index (χ0) is 13.1. The van der Waals surface area contributed by atoms with E-state index < -0.39 is 5.82 Å². The van der Waals surface area contributed by atoms with E-state index in [1.54, 1.807) is 6.07 Å². The number of pyridine rings is 1. The molecule has 2 aromatic rings. The van der Waals surface area contributed by atoms with E-state index in [-0.39, 0.29) is 22.2 Å². The molecular formula is C12H5BrClFN2O. The first-order chi connectivity index (χ1) is 8.60. The Hall–Kier alpha value is -1.64. The summed E-state index contributed by atoms with van der Waals surface area (Å²) in [5.74, 6) is 0.0510. The second-order valence-electron chi connectivity index (χ2n) is 3.29. The largest absolute Gasteiger partial charge is 0.453 e. The highest BCUT2D eigenvalue weighted by atomic mass is 79.9. The molecule has 0 radical (unpaired) electrons. The van der Waals surface area contributed by atoms with Crippen LogP contribution in [-0.2, 0) is 0 Å². The van der Waals surface area contributed by atoms with Crippen LogP contribution in [0.1, 0.15) is 5.69 Å². The molecule has 0 aliphatic rings. The predicted molar refractivity (Wildman–Crippen MR) is 68.1 cm³/mol. The van der Waals surface area contributed by atoms with Gasteiger partial charge in [0.25, 0.3) is 0 Å². The topological polar surface area (TPSA) is 45.9 Å². The van der Waals surface area contributed by atoms with Crippen LogP contribution in [-0.4, -0.2) is 4.98 Å². The van der Waals surface area contributed by atoms with Gasteiger partial charge in [-0.05, 0) is 40.2 Å². The summed E-state index contributed by atoms with van der Waals surface area (Å²) in [7, 11) is 0. The van der Waals surface area contributed by atoms with E-state index in [0.29, 0.717) is 4.47 Å². The third-order valence-electron chi connectivity index (χ3n) is 2.04. The molecule has 0 aliphatic heterocycles. The molecule has 0 amide bonds. The minimum Gasteiger partial charge on any atom is -0.453 e. The summed E-state index contributed by atoms with van der Waals surface area (Å²) in [5.41, 5.74) is 0.124. The average Bonchev–Trinajstić information content (AvgIpc) is 2.33. The van der Waals surface area contributed by atoms with Gasteiger partial charge in [-0.1, -0.05) is 11.6 Å². The van der Waals surface area contributed by atoms with E-state index >= 15 is 0 Å². The van der Waals surface area contributed by atoms with Crippen molar-refractivity contribution in [3.8, 4) is 17.6 Å². The smallest absolute Gasteiger partial charge is 0.183 e. The molecule has 18 heavy (non-hydrogen) atoms. The van der Waals surface area contributed by atoms with Crippen molar-refractivity contribution in [1.82, 2.24) is 4.98 Å². The number of aromatic nitrogens is 1. The first-order valence-corrected chi connectivity index (χ1v) is 5.96. The lowest BCUT2D eigenvalue weighted by atomic mass is 10.3. The lowest BCUT2D eigenvalue weighted by molar-refractivity contribution is 0.476. The van der Waals surface area contributed by atoms with E-state index in [1.807, 2.05) is 6.07 Å². The number of hydrogen-bond donors (Lipinski definition) is 0. The molecule has 0 fully saturated rings. The Morgan fingerprint density at radius 1 is 1.33 bits per heavy atom. The molecule has 0 atom stereocenters.